The second-order valence-electron chi connectivity index (χ2n) is 7.83. The molecule has 0 amide bonds. The summed E-state index contributed by atoms with van der Waals surface area (Å²) in [5.74, 6) is -0.852. The molecule has 4 aromatic rings. The Morgan fingerprint density at radius 1 is 0.906 bits per heavy atom. The Hall–Kier alpha value is -3.50. The van der Waals surface area contributed by atoms with Gasteiger partial charge in [-0.05, 0) is 32.9 Å². The monoisotopic (exact) mass is 443 g/mol. The molecule has 1 heterocycles. The van der Waals surface area contributed by atoms with Crippen molar-refractivity contribution in [2.24, 2.45) is 0 Å². The highest BCUT2D eigenvalue weighted by molar-refractivity contribution is 6.35. The van der Waals surface area contributed by atoms with E-state index in [9.17, 15) is 9.59 Å². The first-order valence-electron chi connectivity index (χ1n) is 10.3. The van der Waals surface area contributed by atoms with E-state index in [2.05, 4.69) is 4.98 Å². The van der Waals surface area contributed by atoms with Gasteiger partial charge in [0.05, 0.1) is 21.8 Å². The van der Waals surface area contributed by atoms with Crippen LogP contribution in [-0.2, 0) is 4.74 Å². The Balaban J connectivity index is 1.71. The summed E-state index contributed by atoms with van der Waals surface area (Å²) in [6.45, 7) is 5.53. The quantitative estimate of drug-likeness (QED) is 0.257. The number of carbonyl (C=O) groups is 2. The van der Waals surface area contributed by atoms with Crippen molar-refractivity contribution in [3.05, 3.63) is 100 Å². The lowest BCUT2D eigenvalue weighted by Gasteiger charge is -2.15. The zero-order chi connectivity index (χ0) is 22.8. The lowest BCUT2D eigenvalue weighted by atomic mass is 10.0. The maximum atomic E-state index is 13.2. The molecule has 3 aromatic carbocycles. The number of pyridine rings is 1. The Morgan fingerprint density at radius 2 is 1.53 bits per heavy atom. The van der Waals surface area contributed by atoms with Gasteiger partial charge in [0.15, 0.2) is 6.10 Å². The fourth-order valence-corrected chi connectivity index (χ4v) is 3.70. The lowest BCUT2D eigenvalue weighted by molar-refractivity contribution is 0.0320. The van der Waals surface area contributed by atoms with Crippen LogP contribution in [0.25, 0.3) is 22.2 Å². The summed E-state index contributed by atoms with van der Waals surface area (Å²) < 4.78 is 5.58. The number of ether oxygens (including phenoxy) is 1. The molecule has 0 bridgehead atoms. The van der Waals surface area contributed by atoms with Gasteiger partial charge in [-0.3, -0.25) is 4.79 Å². The molecule has 4 rings (SSSR count). The molecule has 5 heteroatoms. The van der Waals surface area contributed by atoms with Crippen LogP contribution in [0.15, 0.2) is 72.8 Å². The van der Waals surface area contributed by atoms with Crippen molar-refractivity contribution < 1.29 is 14.3 Å². The molecule has 0 fully saturated rings. The van der Waals surface area contributed by atoms with Gasteiger partial charge in [0, 0.05) is 16.5 Å². The minimum Gasteiger partial charge on any atom is -0.451 e. The summed E-state index contributed by atoms with van der Waals surface area (Å²) in [4.78, 5) is 30.6. The fraction of sp³-hybridized carbons (Fsp3) is 0.148. The van der Waals surface area contributed by atoms with Gasteiger partial charge in [0.1, 0.15) is 0 Å². The number of fused-ring (bicyclic) bond motifs is 1. The summed E-state index contributed by atoms with van der Waals surface area (Å²) in [6.07, 6.45) is -0.935. The van der Waals surface area contributed by atoms with E-state index in [4.69, 9.17) is 16.3 Å². The maximum absolute atomic E-state index is 13.2. The van der Waals surface area contributed by atoms with Crippen LogP contribution in [0.1, 0.15) is 38.8 Å². The molecule has 1 atom stereocenters. The summed E-state index contributed by atoms with van der Waals surface area (Å²) in [7, 11) is 0. The van der Waals surface area contributed by atoms with Crippen LogP contribution in [0, 0.1) is 13.8 Å². The van der Waals surface area contributed by atoms with Crippen LogP contribution in [0.5, 0.6) is 0 Å². The van der Waals surface area contributed by atoms with Crippen molar-refractivity contribution >= 4 is 34.3 Å². The third kappa shape index (κ3) is 4.41. The van der Waals surface area contributed by atoms with Crippen LogP contribution in [0.4, 0.5) is 0 Å². The van der Waals surface area contributed by atoms with Crippen molar-refractivity contribution in [3.8, 4) is 11.3 Å². The second-order valence-corrected chi connectivity index (χ2v) is 8.24. The molecule has 4 nitrogen and oxygen atoms in total. The molecule has 0 saturated heterocycles. The third-order valence-electron chi connectivity index (χ3n) is 5.35. The average molecular weight is 444 g/mol. The van der Waals surface area contributed by atoms with E-state index < -0.39 is 12.1 Å². The molecule has 0 N–H and O–H groups in total. The predicted molar refractivity (Wildman–Crippen MR) is 127 cm³/mol. The summed E-state index contributed by atoms with van der Waals surface area (Å²) >= 11 is 6.40. The molecule has 0 aliphatic rings. The summed E-state index contributed by atoms with van der Waals surface area (Å²) in [5.41, 5.74) is 4.96. The minimum absolute atomic E-state index is 0.256. The van der Waals surface area contributed by atoms with E-state index in [1.54, 1.807) is 43.3 Å². The van der Waals surface area contributed by atoms with E-state index >= 15 is 0 Å². The molecule has 0 radical (unpaired) electrons. The number of carbonyl (C=O) groups excluding carboxylic acids is 2. The normalized spacial score (nSPS) is 11.9. The number of rotatable bonds is 5. The third-order valence-corrected chi connectivity index (χ3v) is 5.65. The second kappa shape index (κ2) is 8.93. The van der Waals surface area contributed by atoms with Gasteiger partial charge >= 0.3 is 5.97 Å². The Bertz CT molecular complexity index is 1310. The van der Waals surface area contributed by atoms with Crippen molar-refractivity contribution in [1.82, 2.24) is 4.98 Å². The number of halogens is 1. The molecule has 0 saturated carbocycles. The first-order chi connectivity index (χ1) is 15.3. The van der Waals surface area contributed by atoms with Gasteiger partial charge in [-0.2, -0.15) is 0 Å². The number of esters is 1. The van der Waals surface area contributed by atoms with E-state index in [1.165, 1.54) is 0 Å². The maximum Gasteiger partial charge on any atom is 0.339 e. The number of hydrogen-bond donors (Lipinski definition) is 0. The van der Waals surface area contributed by atoms with Crippen molar-refractivity contribution in [3.63, 3.8) is 0 Å². The molecule has 160 valence electrons. The lowest BCUT2D eigenvalue weighted by Crippen LogP contribution is -2.24. The average Bonchev–Trinajstić information content (AvgIpc) is 2.79. The predicted octanol–water partition coefficient (Wildman–Crippen LogP) is 6.60. The largest absolute Gasteiger partial charge is 0.451 e. The number of para-hydroxylation sites is 1. The number of ketones is 1. The van der Waals surface area contributed by atoms with E-state index in [-0.39, 0.29) is 5.78 Å². The van der Waals surface area contributed by atoms with Crippen LogP contribution in [-0.4, -0.2) is 22.8 Å². The van der Waals surface area contributed by atoms with E-state index in [0.29, 0.717) is 32.7 Å². The van der Waals surface area contributed by atoms with Crippen LogP contribution < -0.4 is 0 Å². The number of Topliss-reactive ketones (excluding diaryl/α,β-unsaturated/α-hetero) is 1. The zero-order valence-corrected chi connectivity index (χ0v) is 18.8. The van der Waals surface area contributed by atoms with Gasteiger partial charge in [-0.1, -0.05) is 83.4 Å². The van der Waals surface area contributed by atoms with Gasteiger partial charge in [-0.25, -0.2) is 9.78 Å². The number of benzene rings is 3. The number of hydrogen-bond acceptors (Lipinski definition) is 4. The van der Waals surface area contributed by atoms with Crippen molar-refractivity contribution in [2.45, 2.75) is 26.9 Å². The topological polar surface area (TPSA) is 56.3 Å². The summed E-state index contributed by atoms with van der Waals surface area (Å²) in [5, 5.41) is 1.02. The molecule has 0 aliphatic heterocycles. The van der Waals surface area contributed by atoms with Crippen molar-refractivity contribution in [1.29, 1.82) is 0 Å². The molecule has 32 heavy (non-hydrogen) atoms. The molecule has 1 aromatic heterocycles. The highest BCUT2D eigenvalue weighted by atomic mass is 35.5. The van der Waals surface area contributed by atoms with Crippen molar-refractivity contribution in [2.75, 3.05) is 0 Å². The Morgan fingerprint density at radius 3 is 2.19 bits per heavy atom. The Kier molecular flexibility index (Phi) is 6.06. The standard InChI is InChI=1S/C27H22ClNO3/c1-16-7-11-19(12-8-16)24-15-22(21-5-4-6-23(28)25(21)29-24)27(31)32-18(3)26(30)20-13-9-17(2)10-14-20/h4-15,18H,1-3H3/t18-/m0/s1. The minimum atomic E-state index is -0.935. The first-order valence-corrected chi connectivity index (χ1v) is 10.7. The number of aryl methyl sites for hydroxylation is 2. The van der Waals surface area contributed by atoms with E-state index in [0.717, 1.165) is 16.7 Å². The fourth-order valence-electron chi connectivity index (χ4n) is 3.48. The highest BCUT2D eigenvalue weighted by Crippen LogP contribution is 2.30. The SMILES string of the molecule is Cc1ccc(C(=O)[C@H](C)OC(=O)c2cc(-c3ccc(C)cc3)nc3c(Cl)cccc23)cc1. The molecule has 0 spiro atoms. The van der Waals surface area contributed by atoms with E-state index in [1.807, 2.05) is 50.2 Å². The molecular weight excluding hydrogens is 422 g/mol. The number of aromatic nitrogens is 1. The molecule has 0 unspecified atom stereocenters. The molecular formula is C27H22ClNO3. The molecule has 0 aliphatic carbocycles. The zero-order valence-electron chi connectivity index (χ0n) is 18.1. The highest BCUT2D eigenvalue weighted by Gasteiger charge is 2.23. The Labute approximate surface area is 191 Å². The smallest absolute Gasteiger partial charge is 0.339 e. The van der Waals surface area contributed by atoms with Gasteiger partial charge in [0.2, 0.25) is 5.78 Å². The first kappa shape index (κ1) is 21.7. The number of nitrogens with zero attached hydrogens (tertiary/aromatic N) is 1. The van der Waals surface area contributed by atoms with Crippen LogP contribution in [0.3, 0.4) is 0 Å². The summed E-state index contributed by atoms with van der Waals surface area (Å²) in [6, 6.07) is 22.0. The van der Waals surface area contributed by atoms with Gasteiger partial charge in [-0.15, -0.1) is 0 Å². The van der Waals surface area contributed by atoms with Crippen LogP contribution >= 0.6 is 11.6 Å². The van der Waals surface area contributed by atoms with Crippen LogP contribution in [0.2, 0.25) is 5.02 Å². The van der Waals surface area contributed by atoms with Gasteiger partial charge < -0.3 is 4.74 Å². The van der Waals surface area contributed by atoms with Gasteiger partial charge in [0.25, 0.3) is 0 Å².